The van der Waals surface area contributed by atoms with Crippen LogP contribution in [0.15, 0.2) is 24.5 Å². The molecule has 0 spiro atoms. The Bertz CT molecular complexity index is 321. The molecule has 1 aromatic heterocycles. The van der Waals surface area contributed by atoms with Gasteiger partial charge in [-0.05, 0) is 30.1 Å². The maximum absolute atomic E-state index is 12.0. The summed E-state index contributed by atoms with van der Waals surface area (Å²) in [7, 11) is 0. The molecule has 0 radical (unpaired) electrons. The van der Waals surface area contributed by atoms with Gasteiger partial charge in [-0.15, -0.1) is 0 Å². The van der Waals surface area contributed by atoms with Crippen molar-refractivity contribution < 1.29 is 4.79 Å². The number of pyridine rings is 1. The molecule has 1 heterocycles. The number of halogens is 1. The second kappa shape index (κ2) is 7.81. The minimum Gasteiger partial charge on any atom is -0.292 e. The van der Waals surface area contributed by atoms with E-state index in [1.807, 2.05) is 11.8 Å². The van der Waals surface area contributed by atoms with Crippen molar-refractivity contribution in [1.29, 1.82) is 0 Å². The molecule has 0 aliphatic carbocycles. The quantitative estimate of drug-likeness (QED) is 0.478. The first-order valence-corrected chi connectivity index (χ1v) is 7.12. The molecule has 0 amide bonds. The Morgan fingerprint density at radius 1 is 1.69 bits per heavy atom. The zero-order valence-corrected chi connectivity index (χ0v) is 11.6. The number of thioether (sulfide) groups is 1. The Morgan fingerprint density at radius 2 is 2.50 bits per heavy atom. The summed E-state index contributed by atoms with van der Waals surface area (Å²) in [5, 5.41) is 0. The first-order valence-electron chi connectivity index (χ1n) is 5.17. The fourth-order valence-corrected chi connectivity index (χ4v) is 2.42. The summed E-state index contributed by atoms with van der Waals surface area (Å²) in [6.07, 6.45) is 4.09. The fraction of sp³-hybridized carbons (Fsp3) is 0.455. The number of carbonyl (C=O) groups excluding carboxylic acids is 1. The highest BCUT2D eigenvalue weighted by Crippen LogP contribution is 2.10. The Balaban J connectivity index is 2.56. The van der Waals surface area contributed by atoms with Gasteiger partial charge in [0, 0.05) is 34.1 Å². The molecule has 1 atom stereocenters. The Labute approximate surface area is 109 Å². The predicted octanol–water partition coefficient (Wildman–Crippen LogP) is 2.68. The van der Waals surface area contributed by atoms with E-state index in [0.29, 0.717) is 5.56 Å². The van der Waals surface area contributed by atoms with Crippen LogP contribution in [-0.4, -0.2) is 28.3 Å². The monoisotopic (exact) mass is 302 g/mol. The maximum atomic E-state index is 12.0. The summed E-state index contributed by atoms with van der Waals surface area (Å²) in [6, 6.07) is 3.39. The number of rotatable bonds is 7. The van der Waals surface area contributed by atoms with Gasteiger partial charge in [-0.25, -0.2) is 4.34 Å². The van der Waals surface area contributed by atoms with E-state index in [9.17, 15) is 4.79 Å². The first-order chi connectivity index (χ1) is 7.79. The zero-order valence-electron chi connectivity index (χ0n) is 9.15. The normalized spacial score (nSPS) is 12.4. The average Bonchev–Trinajstić information content (AvgIpc) is 2.35. The SMILES string of the molecule is CCSCC[C@H](NBr)C(=O)c1cccnc1. The summed E-state index contributed by atoms with van der Waals surface area (Å²) in [4.78, 5) is 16.0. The summed E-state index contributed by atoms with van der Waals surface area (Å²) in [6.45, 7) is 2.12. The molecule has 0 saturated carbocycles. The van der Waals surface area contributed by atoms with E-state index in [1.54, 1.807) is 24.5 Å². The van der Waals surface area contributed by atoms with Crippen LogP contribution in [0, 0.1) is 0 Å². The molecule has 5 heteroatoms. The summed E-state index contributed by atoms with van der Waals surface area (Å²) >= 11 is 5.00. The van der Waals surface area contributed by atoms with E-state index in [4.69, 9.17) is 0 Å². The van der Waals surface area contributed by atoms with Crippen LogP contribution in [0.2, 0.25) is 0 Å². The number of ketones is 1. The van der Waals surface area contributed by atoms with Crippen molar-refractivity contribution >= 4 is 33.7 Å². The van der Waals surface area contributed by atoms with Crippen molar-refractivity contribution in [3.63, 3.8) is 0 Å². The summed E-state index contributed by atoms with van der Waals surface area (Å²) in [5.41, 5.74) is 0.654. The summed E-state index contributed by atoms with van der Waals surface area (Å²) in [5.74, 6) is 2.14. The fourth-order valence-electron chi connectivity index (χ4n) is 1.29. The third kappa shape index (κ3) is 4.23. The number of hydrogen-bond donors (Lipinski definition) is 1. The van der Waals surface area contributed by atoms with Gasteiger partial charge in [-0.1, -0.05) is 6.92 Å². The molecule has 0 aliphatic rings. The highest BCUT2D eigenvalue weighted by atomic mass is 79.9. The van der Waals surface area contributed by atoms with Crippen molar-refractivity contribution in [3.05, 3.63) is 30.1 Å². The average molecular weight is 303 g/mol. The van der Waals surface area contributed by atoms with E-state index in [0.717, 1.165) is 17.9 Å². The topological polar surface area (TPSA) is 42.0 Å². The number of hydrogen-bond acceptors (Lipinski definition) is 4. The number of Topliss-reactive ketones (excluding diaryl/α,β-unsaturated/α-hetero) is 1. The van der Waals surface area contributed by atoms with E-state index in [-0.39, 0.29) is 11.8 Å². The molecular weight excluding hydrogens is 288 g/mol. The number of nitrogens with zero attached hydrogens (tertiary/aromatic N) is 1. The van der Waals surface area contributed by atoms with Crippen molar-refractivity contribution in [2.45, 2.75) is 19.4 Å². The molecule has 0 aromatic carbocycles. The molecule has 0 bridgehead atoms. The van der Waals surface area contributed by atoms with Gasteiger partial charge in [-0.2, -0.15) is 11.8 Å². The van der Waals surface area contributed by atoms with Crippen LogP contribution < -0.4 is 4.34 Å². The lowest BCUT2D eigenvalue weighted by atomic mass is 10.1. The van der Waals surface area contributed by atoms with Crippen molar-refractivity contribution in [2.75, 3.05) is 11.5 Å². The van der Waals surface area contributed by atoms with Gasteiger partial charge in [0.05, 0.1) is 6.04 Å². The second-order valence-electron chi connectivity index (χ2n) is 3.25. The third-order valence-electron chi connectivity index (χ3n) is 2.15. The van der Waals surface area contributed by atoms with Gasteiger partial charge in [0.15, 0.2) is 5.78 Å². The van der Waals surface area contributed by atoms with Gasteiger partial charge in [0.2, 0.25) is 0 Å². The standard InChI is InChI=1S/C11H15BrN2OS/c1-2-16-7-5-10(14-12)11(15)9-4-3-6-13-8-9/h3-4,6,8,10,14H,2,5,7H2,1H3/t10-/m0/s1. The zero-order chi connectivity index (χ0) is 11.8. The Morgan fingerprint density at radius 3 is 3.06 bits per heavy atom. The molecule has 0 fully saturated rings. The molecule has 0 unspecified atom stereocenters. The van der Waals surface area contributed by atoms with E-state index in [2.05, 4.69) is 32.4 Å². The van der Waals surface area contributed by atoms with E-state index >= 15 is 0 Å². The molecule has 1 aromatic rings. The maximum Gasteiger partial charge on any atom is 0.182 e. The van der Waals surface area contributed by atoms with Crippen LogP contribution in [-0.2, 0) is 0 Å². The molecule has 3 nitrogen and oxygen atoms in total. The van der Waals surface area contributed by atoms with Gasteiger partial charge in [0.25, 0.3) is 0 Å². The highest BCUT2D eigenvalue weighted by Gasteiger charge is 2.18. The molecular formula is C11H15BrN2OS. The van der Waals surface area contributed by atoms with Crippen molar-refractivity contribution in [1.82, 2.24) is 9.33 Å². The second-order valence-corrected chi connectivity index (χ2v) is 5.10. The summed E-state index contributed by atoms with van der Waals surface area (Å²) < 4.78 is 2.88. The predicted molar refractivity (Wildman–Crippen MR) is 72.0 cm³/mol. The Kier molecular flexibility index (Phi) is 6.68. The van der Waals surface area contributed by atoms with Gasteiger partial charge < -0.3 is 0 Å². The van der Waals surface area contributed by atoms with Gasteiger partial charge in [-0.3, -0.25) is 9.78 Å². The molecule has 0 saturated heterocycles. The third-order valence-corrected chi connectivity index (χ3v) is 3.63. The smallest absolute Gasteiger partial charge is 0.182 e. The van der Waals surface area contributed by atoms with Gasteiger partial charge in [0.1, 0.15) is 0 Å². The van der Waals surface area contributed by atoms with Crippen molar-refractivity contribution in [3.8, 4) is 0 Å². The minimum atomic E-state index is -0.178. The number of carbonyl (C=O) groups is 1. The lowest BCUT2D eigenvalue weighted by Crippen LogP contribution is -2.31. The van der Waals surface area contributed by atoms with E-state index in [1.165, 1.54) is 0 Å². The van der Waals surface area contributed by atoms with Crippen LogP contribution >= 0.6 is 27.9 Å². The molecule has 1 N–H and O–H groups in total. The Hall–Kier alpha value is -0.390. The largest absolute Gasteiger partial charge is 0.292 e. The van der Waals surface area contributed by atoms with Gasteiger partial charge >= 0.3 is 0 Å². The lowest BCUT2D eigenvalue weighted by Gasteiger charge is -2.12. The van der Waals surface area contributed by atoms with Crippen LogP contribution in [0.4, 0.5) is 0 Å². The first kappa shape index (κ1) is 13.7. The highest BCUT2D eigenvalue weighted by molar-refractivity contribution is 9.08. The molecule has 0 aliphatic heterocycles. The van der Waals surface area contributed by atoms with E-state index < -0.39 is 0 Å². The minimum absolute atomic E-state index is 0.0849. The van der Waals surface area contributed by atoms with Crippen LogP contribution in [0.1, 0.15) is 23.7 Å². The van der Waals surface area contributed by atoms with Crippen LogP contribution in [0.3, 0.4) is 0 Å². The van der Waals surface area contributed by atoms with Crippen molar-refractivity contribution in [2.24, 2.45) is 0 Å². The van der Waals surface area contributed by atoms with Crippen LogP contribution in [0.25, 0.3) is 0 Å². The number of nitrogens with one attached hydrogen (secondary N) is 1. The lowest BCUT2D eigenvalue weighted by molar-refractivity contribution is 0.0954. The molecule has 16 heavy (non-hydrogen) atoms. The molecule has 1 rings (SSSR count). The number of aromatic nitrogens is 1. The molecule has 88 valence electrons. The van der Waals surface area contributed by atoms with Crippen LogP contribution in [0.5, 0.6) is 0 Å².